The van der Waals surface area contributed by atoms with Crippen LogP contribution < -0.4 is 15.5 Å². The summed E-state index contributed by atoms with van der Waals surface area (Å²) < 4.78 is 33.9. The molecule has 0 radical (unpaired) electrons. The minimum absolute atomic E-state index is 0.0784. The molecule has 0 aliphatic heterocycles. The molecule has 0 saturated carbocycles. The molecule has 30 heavy (non-hydrogen) atoms. The van der Waals surface area contributed by atoms with Crippen LogP contribution in [0.3, 0.4) is 0 Å². The number of nitrogens with one attached hydrogen (secondary N) is 1. The zero-order valence-corrected chi connectivity index (χ0v) is 17.4. The molecular formula is C22H22ClF2N4O+. The molecule has 0 aliphatic rings. The van der Waals surface area contributed by atoms with Crippen molar-refractivity contribution < 1.29 is 18.9 Å². The van der Waals surface area contributed by atoms with Crippen molar-refractivity contribution in [3.8, 4) is 5.75 Å². The van der Waals surface area contributed by atoms with Gasteiger partial charge in [0.15, 0.2) is 0 Å². The minimum atomic E-state index is -0.689. The fourth-order valence-corrected chi connectivity index (χ4v) is 3.15. The van der Waals surface area contributed by atoms with Crippen LogP contribution in [0.15, 0.2) is 42.5 Å². The van der Waals surface area contributed by atoms with Crippen LogP contribution in [0.4, 0.5) is 14.5 Å². The Hall–Kier alpha value is -3.06. The molecule has 1 heterocycles. The van der Waals surface area contributed by atoms with Crippen molar-refractivity contribution in [3.63, 3.8) is 0 Å². The Bertz CT molecular complexity index is 1050. The second kappa shape index (κ2) is 9.63. The highest BCUT2D eigenvalue weighted by Crippen LogP contribution is 2.24. The maximum atomic E-state index is 14.4. The summed E-state index contributed by atoms with van der Waals surface area (Å²) in [6.07, 6.45) is 0.679. The van der Waals surface area contributed by atoms with Gasteiger partial charge in [-0.1, -0.05) is 30.7 Å². The third-order valence-corrected chi connectivity index (χ3v) is 4.64. The van der Waals surface area contributed by atoms with Gasteiger partial charge in [-0.25, -0.2) is 18.7 Å². The van der Waals surface area contributed by atoms with Gasteiger partial charge in [-0.3, -0.25) is 5.41 Å². The standard InChI is InChI=1S/C22H21ClF2N4O/c1-3-13-9-20(23)29-22(28-13)21(26)15-7-5-6-8-19(15)27-12-16-17(24)10-14(30-4-2)11-18(16)25/h5-11,26-27H,3-4,12H2,1-2H3/p+1. The molecule has 5 nitrogen and oxygen atoms in total. The average molecular weight is 432 g/mol. The lowest BCUT2D eigenvalue weighted by molar-refractivity contribution is -0.112. The Kier molecular flexibility index (Phi) is 6.95. The summed E-state index contributed by atoms with van der Waals surface area (Å²) in [5.41, 5.74) is 2.16. The largest absolute Gasteiger partial charge is 0.494 e. The lowest BCUT2D eigenvalue weighted by Crippen LogP contribution is -2.42. The predicted octanol–water partition coefficient (Wildman–Crippen LogP) is 3.58. The van der Waals surface area contributed by atoms with E-state index in [1.54, 1.807) is 37.3 Å². The van der Waals surface area contributed by atoms with Crippen molar-refractivity contribution in [2.75, 3.05) is 11.9 Å². The molecule has 0 atom stereocenters. The van der Waals surface area contributed by atoms with Crippen LogP contribution >= 0.6 is 11.6 Å². The maximum Gasteiger partial charge on any atom is 0.251 e. The molecule has 3 N–H and O–H groups in total. The van der Waals surface area contributed by atoms with Crippen molar-refractivity contribution in [2.24, 2.45) is 0 Å². The fraction of sp³-hybridized carbons (Fsp3) is 0.227. The topological polar surface area (TPSA) is 72.6 Å². The summed E-state index contributed by atoms with van der Waals surface area (Å²) >= 11 is 6.08. The molecule has 156 valence electrons. The molecule has 3 aromatic rings. The molecule has 0 bridgehead atoms. The smallest absolute Gasteiger partial charge is 0.251 e. The molecule has 0 fully saturated rings. The first-order valence-electron chi connectivity index (χ1n) is 9.53. The number of aryl methyl sites for hydroxylation is 1. The van der Waals surface area contributed by atoms with Crippen molar-refractivity contribution in [3.05, 3.63) is 81.9 Å². The van der Waals surface area contributed by atoms with Gasteiger partial charge in [0.25, 0.3) is 5.71 Å². The van der Waals surface area contributed by atoms with E-state index in [-0.39, 0.29) is 17.9 Å². The molecule has 2 aromatic carbocycles. The first-order chi connectivity index (χ1) is 14.4. The number of benzene rings is 2. The number of nitrogens with zero attached hydrogens (tertiary/aromatic N) is 2. The quantitative estimate of drug-likeness (QED) is 0.422. The first kappa shape index (κ1) is 21.6. The van der Waals surface area contributed by atoms with Crippen molar-refractivity contribution in [1.82, 2.24) is 9.97 Å². The molecule has 3 rings (SSSR count). The van der Waals surface area contributed by atoms with Crippen LogP contribution in [-0.4, -0.2) is 22.3 Å². The molecule has 0 unspecified atom stereocenters. The van der Waals surface area contributed by atoms with E-state index in [2.05, 4.69) is 15.3 Å². The zero-order chi connectivity index (χ0) is 21.7. The van der Waals surface area contributed by atoms with Crippen LogP contribution in [0.5, 0.6) is 5.75 Å². The van der Waals surface area contributed by atoms with Crippen molar-refractivity contribution in [1.29, 1.82) is 0 Å². The second-order valence-corrected chi connectivity index (χ2v) is 6.86. The summed E-state index contributed by atoms with van der Waals surface area (Å²) in [4.78, 5) is 8.63. The van der Waals surface area contributed by atoms with E-state index in [1.807, 2.05) is 6.92 Å². The lowest BCUT2D eigenvalue weighted by atomic mass is 10.1. The fourth-order valence-electron chi connectivity index (χ4n) is 2.94. The maximum absolute atomic E-state index is 14.4. The van der Waals surface area contributed by atoms with E-state index in [1.165, 1.54) is 12.1 Å². The summed E-state index contributed by atoms with van der Waals surface area (Å²) in [6.45, 7) is 3.94. The molecule has 0 saturated heterocycles. The van der Waals surface area contributed by atoms with Gasteiger partial charge in [-0.15, -0.1) is 0 Å². The Labute approximate surface area is 178 Å². The van der Waals surface area contributed by atoms with Gasteiger partial charge >= 0.3 is 0 Å². The first-order valence-corrected chi connectivity index (χ1v) is 9.91. The van der Waals surface area contributed by atoms with Crippen LogP contribution in [0.2, 0.25) is 5.15 Å². The van der Waals surface area contributed by atoms with Crippen LogP contribution in [0.1, 0.15) is 36.5 Å². The van der Waals surface area contributed by atoms with Gasteiger partial charge in [-0.05, 0) is 31.5 Å². The Balaban J connectivity index is 1.86. The van der Waals surface area contributed by atoms with E-state index < -0.39 is 11.6 Å². The van der Waals surface area contributed by atoms with Crippen molar-refractivity contribution in [2.45, 2.75) is 26.8 Å². The number of anilines is 1. The van der Waals surface area contributed by atoms with Gasteiger partial charge in [0.2, 0.25) is 5.82 Å². The number of para-hydroxylation sites is 1. The Morgan fingerprint density at radius 1 is 1.10 bits per heavy atom. The Morgan fingerprint density at radius 3 is 2.47 bits per heavy atom. The lowest BCUT2D eigenvalue weighted by Gasteiger charge is -2.13. The normalized spacial score (nSPS) is 10.7. The number of ether oxygens (including phenoxy) is 1. The number of halogens is 3. The number of hydrogen-bond acceptors (Lipinski definition) is 4. The monoisotopic (exact) mass is 431 g/mol. The number of nitrogens with two attached hydrogens (primary N) is 1. The molecule has 0 aliphatic carbocycles. The summed E-state index contributed by atoms with van der Waals surface area (Å²) in [5, 5.41) is 9.66. The van der Waals surface area contributed by atoms with E-state index in [0.29, 0.717) is 41.0 Å². The molecule has 8 heteroatoms. The summed E-state index contributed by atoms with van der Waals surface area (Å²) in [5.74, 6) is -0.927. The highest BCUT2D eigenvalue weighted by Gasteiger charge is 2.20. The average Bonchev–Trinajstić information content (AvgIpc) is 2.72. The highest BCUT2D eigenvalue weighted by atomic mass is 35.5. The Morgan fingerprint density at radius 2 is 1.80 bits per heavy atom. The van der Waals surface area contributed by atoms with Crippen LogP contribution in [-0.2, 0) is 13.0 Å². The third-order valence-electron chi connectivity index (χ3n) is 4.45. The number of rotatable bonds is 8. The SMILES string of the molecule is CCOc1cc(F)c(CNc2ccccc2C(=[NH2+])c2nc(Cl)cc(CC)n2)c(F)c1. The van der Waals surface area contributed by atoms with Crippen molar-refractivity contribution >= 4 is 23.0 Å². The highest BCUT2D eigenvalue weighted by molar-refractivity contribution is 6.29. The van der Waals surface area contributed by atoms with Gasteiger partial charge < -0.3 is 10.1 Å². The van der Waals surface area contributed by atoms with Gasteiger partial charge in [-0.2, -0.15) is 0 Å². The number of hydrogen-bond donors (Lipinski definition) is 2. The van der Waals surface area contributed by atoms with Gasteiger partial charge in [0, 0.05) is 35.6 Å². The summed E-state index contributed by atoms with van der Waals surface area (Å²) in [6, 6.07) is 11.2. The predicted molar refractivity (Wildman–Crippen MR) is 113 cm³/mol. The van der Waals surface area contributed by atoms with E-state index in [0.717, 1.165) is 5.69 Å². The van der Waals surface area contributed by atoms with Crippen LogP contribution in [0, 0.1) is 11.6 Å². The van der Waals surface area contributed by atoms with Gasteiger partial charge in [0.1, 0.15) is 22.5 Å². The van der Waals surface area contributed by atoms with E-state index in [4.69, 9.17) is 21.7 Å². The minimum Gasteiger partial charge on any atom is -0.494 e. The summed E-state index contributed by atoms with van der Waals surface area (Å²) in [7, 11) is 0. The molecule has 1 aromatic heterocycles. The van der Waals surface area contributed by atoms with E-state index >= 15 is 0 Å². The van der Waals surface area contributed by atoms with Gasteiger partial charge in [0.05, 0.1) is 12.2 Å². The second-order valence-electron chi connectivity index (χ2n) is 6.47. The molecule has 0 spiro atoms. The molecular weight excluding hydrogens is 410 g/mol. The zero-order valence-electron chi connectivity index (χ0n) is 16.7. The van der Waals surface area contributed by atoms with Crippen LogP contribution in [0.25, 0.3) is 0 Å². The number of aromatic nitrogens is 2. The van der Waals surface area contributed by atoms with E-state index in [9.17, 15) is 8.78 Å². The third kappa shape index (κ3) is 4.91. The molecule has 0 amide bonds.